The van der Waals surface area contributed by atoms with Crippen LogP contribution in [0.2, 0.25) is 0 Å². The number of hydrogen-bond acceptors (Lipinski definition) is 6. The molecule has 0 aromatic carbocycles. The summed E-state index contributed by atoms with van der Waals surface area (Å²) in [6, 6.07) is 0. The summed E-state index contributed by atoms with van der Waals surface area (Å²) >= 11 is 0. The Morgan fingerprint density at radius 1 is 1.21 bits per heavy atom. The molecule has 2 heterocycles. The van der Waals surface area contributed by atoms with Gasteiger partial charge in [0.05, 0.1) is 18.2 Å². The third kappa shape index (κ3) is 3.84. The van der Waals surface area contributed by atoms with Crippen molar-refractivity contribution in [1.82, 2.24) is 19.7 Å². The number of aromatic nitrogens is 3. The molecule has 0 saturated heterocycles. The number of rotatable bonds is 9. The van der Waals surface area contributed by atoms with Crippen LogP contribution in [0.5, 0.6) is 5.75 Å². The van der Waals surface area contributed by atoms with Crippen molar-refractivity contribution in [2.24, 2.45) is 0 Å². The molecule has 2 aromatic rings. The normalized spacial score (nSPS) is 11.2. The lowest BCUT2D eigenvalue weighted by Gasteiger charge is -2.17. The predicted molar refractivity (Wildman–Crippen MR) is 92.4 cm³/mol. The molecule has 0 N–H and O–H groups in total. The Hall–Kier alpha value is -2.15. The molecule has 0 atom stereocenters. The highest BCUT2D eigenvalue weighted by Crippen LogP contribution is 2.29. The average Bonchev–Trinajstić information content (AvgIpc) is 3.02. The van der Waals surface area contributed by atoms with E-state index in [-0.39, 0.29) is 0 Å². The van der Waals surface area contributed by atoms with Crippen molar-refractivity contribution < 1.29 is 14.3 Å². The maximum atomic E-state index is 12.4. The number of nitrogens with zero attached hydrogens (tertiary/aromatic N) is 4. The second-order valence-electron chi connectivity index (χ2n) is 5.29. The highest BCUT2D eigenvalue weighted by atomic mass is 16.5. The molecule has 0 amide bonds. The number of pyridine rings is 1. The molecule has 7 heteroatoms. The van der Waals surface area contributed by atoms with Crippen LogP contribution in [0.15, 0.2) is 12.4 Å². The largest absolute Gasteiger partial charge is 0.492 e. The fourth-order valence-electron chi connectivity index (χ4n) is 2.57. The summed E-state index contributed by atoms with van der Waals surface area (Å²) in [5.74, 6) is 0.0827. The van der Waals surface area contributed by atoms with E-state index in [1.165, 1.54) is 6.20 Å². The molecule has 2 rings (SSSR count). The van der Waals surface area contributed by atoms with Crippen LogP contribution >= 0.6 is 0 Å². The zero-order valence-electron chi connectivity index (χ0n) is 14.9. The molecule has 2 aromatic heterocycles. The van der Waals surface area contributed by atoms with Gasteiger partial charge in [-0.3, -0.25) is 0 Å². The number of carbonyl (C=O) groups is 1. The highest BCUT2D eigenvalue weighted by Gasteiger charge is 2.20. The Morgan fingerprint density at radius 3 is 2.58 bits per heavy atom. The van der Waals surface area contributed by atoms with Gasteiger partial charge in [-0.1, -0.05) is 13.8 Å². The number of aryl methyl sites for hydroxylation is 1. The molecule has 0 fully saturated rings. The lowest BCUT2D eigenvalue weighted by atomic mass is 10.2. The van der Waals surface area contributed by atoms with Crippen LogP contribution in [0, 0.1) is 0 Å². The first-order chi connectivity index (χ1) is 11.7. The van der Waals surface area contributed by atoms with Crippen LogP contribution in [0.25, 0.3) is 11.0 Å². The third-order valence-electron chi connectivity index (χ3n) is 3.96. The summed E-state index contributed by atoms with van der Waals surface area (Å²) in [7, 11) is 0. The summed E-state index contributed by atoms with van der Waals surface area (Å²) in [5.41, 5.74) is 1.06. The maximum Gasteiger partial charge on any atom is 0.343 e. The first-order valence-corrected chi connectivity index (χ1v) is 8.52. The SMILES string of the molecule is CCOc1c(C(=O)OCCN(CC)CC)cnc2c1cnn2CC. The van der Waals surface area contributed by atoms with Crippen molar-refractivity contribution in [3.63, 3.8) is 0 Å². The van der Waals surface area contributed by atoms with Crippen molar-refractivity contribution in [3.8, 4) is 5.75 Å². The molecule has 24 heavy (non-hydrogen) atoms. The van der Waals surface area contributed by atoms with E-state index in [4.69, 9.17) is 9.47 Å². The number of carbonyl (C=O) groups excluding carboxylic acids is 1. The Balaban J connectivity index is 2.20. The minimum Gasteiger partial charge on any atom is -0.492 e. The smallest absolute Gasteiger partial charge is 0.343 e. The second kappa shape index (κ2) is 8.63. The molecule has 0 saturated carbocycles. The summed E-state index contributed by atoms with van der Waals surface area (Å²) < 4.78 is 12.9. The molecule has 0 bridgehead atoms. The van der Waals surface area contributed by atoms with Crippen LogP contribution < -0.4 is 4.74 Å². The molecule has 0 aliphatic heterocycles. The zero-order chi connectivity index (χ0) is 17.5. The Kier molecular flexibility index (Phi) is 6.54. The first kappa shape index (κ1) is 18.2. The van der Waals surface area contributed by atoms with E-state index in [9.17, 15) is 4.79 Å². The Morgan fingerprint density at radius 2 is 1.96 bits per heavy atom. The van der Waals surface area contributed by atoms with Gasteiger partial charge in [-0.15, -0.1) is 0 Å². The van der Waals surface area contributed by atoms with Gasteiger partial charge in [-0.05, 0) is 26.9 Å². The molecule has 132 valence electrons. The fraction of sp³-hybridized carbons (Fsp3) is 0.588. The lowest BCUT2D eigenvalue weighted by molar-refractivity contribution is 0.0462. The number of hydrogen-bond donors (Lipinski definition) is 0. The van der Waals surface area contributed by atoms with E-state index < -0.39 is 5.97 Å². The highest BCUT2D eigenvalue weighted by molar-refractivity contribution is 5.98. The Bertz CT molecular complexity index is 680. The quantitative estimate of drug-likeness (QED) is 0.656. The standard InChI is InChI=1S/C17H26N4O3/c1-5-20(6-2)9-10-24-17(22)14-11-18-16-13(15(14)23-8-4)12-19-21(16)7-3/h11-12H,5-10H2,1-4H3. The summed E-state index contributed by atoms with van der Waals surface area (Å²) in [6.07, 6.45) is 3.20. The first-order valence-electron chi connectivity index (χ1n) is 8.52. The molecule has 0 unspecified atom stereocenters. The van der Waals surface area contributed by atoms with Gasteiger partial charge in [-0.25, -0.2) is 14.5 Å². The number of esters is 1. The number of fused-ring (bicyclic) bond motifs is 1. The van der Waals surface area contributed by atoms with Crippen LogP contribution in [-0.4, -0.2) is 58.5 Å². The summed E-state index contributed by atoms with van der Waals surface area (Å²) in [6.45, 7) is 12.1. The van der Waals surface area contributed by atoms with Crippen molar-refractivity contribution in [3.05, 3.63) is 18.0 Å². The van der Waals surface area contributed by atoms with Gasteiger partial charge < -0.3 is 14.4 Å². The molecule has 0 spiro atoms. The van der Waals surface area contributed by atoms with Gasteiger partial charge in [0, 0.05) is 19.3 Å². The number of likely N-dealkylation sites (N-methyl/N-ethyl adjacent to an activating group) is 1. The third-order valence-corrected chi connectivity index (χ3v) is 3.96. The number of ether oxygens (including phenoxy) is 2. The molecule has 0 radical (unpaired) electrons. The Labute approximate surface area is 142 Å². The topological polar surface area (TPSA) is 69.5 Å². The van der Waals surface area contributed by atoms with Gasteiger partial charge >= 0.3 is 5.97 Å². The second-order valence-corrected chi connectivity index (χ2v) is 5.29. The van der Waals surface area contributed by atoms with E-state index in [1.54, 1.807) is 10.9 Å². The van der Waals surface area contributed by atoms with Crippen molar-refractivity contribution in [1.29, 1.82) is 0 Å². The van der Waals surface area contributed by atoms with E-state index in [2.05, 4.69) is 28.8 Å². The van der Waals surface area contributed by atoms with Gasteiger partial charge in [0.15, 0.2) is 5.65 Å². The molecule has 0 aliphatic rings. The van der Waals surface area contributed by atoms with Crippen LogP contribution in [0.4, 0.5) is 0 Å². The van der Waals surface area contributed by atoms with E-state index in [0.29, 0.717) is 43.3 Å². The van der Waals surface area contributed by atoms with Crippen molar-refractivity contribution in [2.75, 3.05) is 32.8 Å². The van der Waals surface area contributed by atoms with E-state index in [0.717, 1.165) is 18.5 Å². The van der Waals surface area contributed by atoms with Crippen molar-refractivity contribution in [2.45, 2.75) is 34.2 Å². The lowest BCUT2D eigenvalue weighted by Crippen LogP contribution is -2.28. The molecule has 0 aliphatic carbocycles. The van der Waals surface area contributed by atoms with Crippen LogP contribution in [0.3, 0.4) is 0 Å². The van der Waals surface area contributed by atoms with Gasteiger partial charge in [0.2, 0.25) is 0 Å². The van der Waals surface area contributed by atoms with Gasteiger partial charge in [-0.2, -0.15) is 5.10 Å². The van der Waals surface area contributed by atoms with Crippen LogP contribution in [0.1, 0.15) is 38.1 Å². The minimum absolute atomic E-state index is 0.346. The van der Waals surface area contributed by atoms with Gasteiger partial charge in [0.1, 0.15) is 17.9 Å². The summed E-state index contributed by atoms with van der Waals surface area (Å²) in [4.78, 5) is 19.0. The van der Waals surface area contributed by atoms with E-state index in [1.807, 2.05) is 13.8 Å². The van der Waals surface area contributed by atoms with Crippen LogP contribution in [-0.2, 0) is 11.3 Å². The zero-order valence-corrected chi connectivity index (χ0v) is 14.9. The maximum absolute atomic E-state index is 12.4. The predicted octanol–water partition coefficient (Wildman–Crippen LogP) is 2.35. The molecule has 7 nitrogen and oxygen atoms in total. The van der Waals surface area contributed by atoms with Crippen molar-refractivity contribution >= 4 is 17.0 Å². The fourth-order valence-corrected chi connectivity index (χ4v) is 2.57. The molecular formula is C17H26N4O3. The van der Waals surface area contributed by atoms with E-state index >= 15 is 0 Å². The summed E-state index contributed by atoms with van der Waals surface area (Å²) in [5, 5.41) is 5.01. The monoisotopic (exact) mass is 334 g/mol. The van der Waals surface area contributed by atoms with Gasteiger partial charge in [0.25, 0.3) is 0 Å². The molecular weight excluding hydrogens is 308 g/mol. The average molecular weight is 334 g/mol. The minimum atomic E-state index is -0.413.